The quantitative estimate of drug-likeness (QED) is 0.521. The van der Waals surface area contributed by atoms with Gasteiger partial charge in [0.2, 0.25) is 0 Å². The summed E-state index contributed by atoms with van der Waals surface area (Å²) >= 11 is 0. The van der Waals surface area contributed by atoms with E-state index in [1.54, 1.807) is 22.8 Å². The molecule has 2 aromatic carbocycles. The van der Waals surface area contributed by atoms with E-state index in [-0.39, 0.29) is 17.2 Å². The SMILES string of the molecule is CCC#CC(CCCC)c1n[nH]c(=O)n1Cc1ccc(-c2ccccc2C(=O)O)cc1. The number of unbranched alkanes of at least 4 members (excludes halogenated alkanes) is 1. The summed E-state index contributed by atoms with van der Waals surface area (Å²) in [6.45, 7) is 4.51. The predicted octanol–water partition coefficient (Wildman–Crippen LogP) is 4.67. The summed E-state index contributed by atoms with van der Waals surface area (Å²) in [6.07, 6.45) is 3.69. The standard InChI is InChI=1S/C25H27N3O3/c1-3-5-9-20(10-6-4-2)23-26-27-25(31)28(23)17-18-13-15-19(16-14-18)21-11-7-8-12-22(21)24(29)30/h7-8,11-16,20H,3-5,9,17H2,1-2H3,(H,27,31)(H,29,30). The van der Waals surface area contributed by atoms with Crippen molar-refractivity contribution in [2.45, 2.75) is 52.0 Å². The van der Waals surface area contributed by atoms with Crippen LogP contribution in [0.3, 0.4) is 0 Å². The van der Waals surface area contributed by atoms with E-state index in [1.807, 2.05) is 37.3 Å². The minimum atomic E-state index is -0.958. The maximum Gasteiger partial charge on any atom is 0.343 e. The second-order valence-electron chi connectivity index (χ2n) is 7.39. The van der Waals surface area contributed by atoms with Crippen LogP contribution < -0.4 is 5.69 Å². The van der Waals surface area contributed by atoms with Gasteiger partial charge in [-0.25, -0.2) is 14.7 Å². The minimum absolute atomic E-state index is 0.0828. The lowest BCUT2D eigenvalue weighted by molar-refractivity contribution is 0.0697. The topological polar surface area (TPSA) is 88.0 Å². The van der Waals surface area contributed by atoms with Gasteiger partial charge in [0.05, 0.1) is 18.0 Å². The van der Waals surface area contributed by atoms with Crippen LogP contribution in [0.15, 0.2) is 53.3 Å². The molecular weight excluding hydrogens is 390 g/mol. The third kappa shape index (κ3) is 5.32. The zero-order chi connectivity index (χ0) is 22.2. The lowest BCUT2D eigenvalue weighted by atomic mass is 9.98. The van der Waals surface area contributed by atoms with Crippen LogP contribution in [0.2, 0.25) is 0 Å². The highest BCUT2D eigenvalue weighted by molar-refractivity contribution is 5.95. The molecule has 0 bridgehead atoms. The molecule has 0 aliphatic rings. The van der Waals surface area contributed by atoms with Gasteiger partial charge >= 0.3 is 11.7 Å². The molecule has 6 nitrogen and oxygen atoms in total. The fourth-order valence-corrected chi connectivity index (χ4v) is 3.54. The number of aromatic nitrogens is 3. The van der Waals surface area contributed by atoms with Crippen molar-refractivity contribution in [3.63, 3.8) is 0 Å². The lowest BCUT2D eigenvalue weighted by Crippen LogP contribution is -2.21. The van der Waals surface area contributed by atoms with E-state index in [0.717, 1.165) is 36.8 Å². The molecule has 0 aliphatic heterocycles. The number of H-pyrrole nitrogens is 1. The van der Waals surface area contributed by atoms with E-state index in [9.17, 15) is 14.7 Å². The van der Waals surface area contributed by atoms with Crippen molar-refractivity contribution in [1.29, 1.82) is 0 Å². The molecular formula is C25H27N3O3. The third-order valence-corrected chi connectivity index (χ3v) is 5.16. The van der Waals surface area contributed by atoms with Gasteiger partial charge in [-0.1, -0.05) is 75.1 Å². The second-order valence-corrected chi connectivity index (χ2v) is 7.39. The van der Waals surface area contributed by atoms with Crippen LogP contribution >= 0.6 is 0 Å². The Morgan fingerprint density at radius 2 is 1.90 bits per heavy atom. The Bertz CT molecular complexity index is 1150. The lowest BCUT2D eigenvalue weighted by Gasteiger charge is -2.12. The summed E-state index contributed by atoms with van der Waals surface area (Å²) in [5.41, 5.74) is 2.42. The molecule has 1 atom stereocenters. The van der Waals surface area contributed by atoms with E-state index in [2.05, 4.69) is 29.0 Å². The van der Waals surface area contributed by atoms with Gasteiger partial charge in [-0.2, -0.15) is 5.10 Å². The summed E-state index contributed by atoms with van der Waals surface area (Å²) in [5.74, 6) is 6.01. The Morgan fingerprint density at radius 1 is 1.16 bits per heavy atom. The Labute approximate surface area is 182 Å². The Hall–Kier alpha value is -3.59. The molecule has 3 aromatic rings. The highest BCUT2D eigenvalue weighted by atomic mass is 16.4. The summed E-state index contributed by atoms with van der Waals surface area (Å²) < 4.78 is 1.64. The number of aromatic amines is 1. The molecule has 0 aliphatic carbocycles. The van der Waals surface area contributed by atoms with Crippen LogP contribution in [0.25, 0.3) is 11.1 Å². The van der Waals surface area contributed by atoms with Crippen LogP contribution in [-0.4, -0.2) is 25.8 Å². The van der Waals surface area contributed by atoms with Crippen molar-refractivity contribution in [3.8, 4) is 23.0 Å². The molecule has 1 aromatic heterocycles. The summed E-state index contributed by atoms with van der Waals surface area (Å²) in [7, 11) is 0. The van der Waals surface area contributed by atoms with Gasteiger partial charge in [-0.3, -0.25) is 4.57 Å². The summed E-state index contributed by atoms with van der Waals surface area (Å²) in [5, 5.41) is 16.3. The van der Waals surface area contributed by atoms with Gasteiger partial charge in [0, 0.05) is 6.42 Å². The number of benzene rings is 2. The van der Waals surface area contributed by atoms with E-state index >= 15 is 0 Å². The van der Waals surface area contributed by atoms with Gasteiger partial charge in [0.1, 0.15) is 5.82 Å². The predicted molar refractivity (Wildman–Crippen MR) is 121 cm³/mol. The highest BCUT2D eigenvalue weighted by Crippen LogP contribution is 2.25. The number of nitrogens with one attached hydrogen (secondary N) is 1. The largest absolute Gasteiger partial charge is 0.478 e. The maximum atomic E-state index is 12.4. The molecule has 0 saturated carbocycles. The van der Waals surface area contributed by atoms with Crippen LogP contribution in [0.1, 0.15) is 67.2 Å². The number of aromatic carboxylic acids is 1. The Balaban J connectivity index is 1.88. The number of hydrogen-bond acceptors (Lipinski definition) is 3. The first-order chi connectivity index (χ1) is 15.0. The molecule has 0 amide bonds. The van der Waals surface area contributed by atoms with E-state index in [1.165, 1.54) is 0 Å². The Kier molecular flexibility index (Phi) is 7.45. The first-order valence-corrected chi connectivity index (χ1v) is 10.6. The highest BCUT2D eigenvalue weighted by Gasteiger charge is 2.18. The average molecular weight is 418 g/mol. The zero-order valence-electron chi connectivity index (χ0n) is 17.9. The smallest absolute Gasteiger partial charge is 0.343 e. The maximum absolute atomic E-state index is 12.4. The number of rotatable bonds is 8. The van der Waals surface area contributed by atoms with E-state index < -0.39 is 5.97 Å². The number of carbonyl (C=O) groups is 1. The van der Waals surface area contributed by atoms with Crippen molar-refractivity contribution >= 4 is 5.97 Å². The van der Waals surface area contributed by atoms with Gasteiger partial charge < -0.3 is 5.11 Å². The molecule has 0 fully saturated rings. The fourth-order valence-electron chi connectivity index (χ4n) is 3.54. The molecule has 6 heteroatoms. The molecule has 2 N–H and O–H groups in total. The molecule has 0 saturated heterocycles. The molecule has 0 radical (unpaired) electrons. The molecule has 0 spiro atoms. The molecule has 31 heavy (non-hydrogen) atoms. The summed E-state index contributed by atoms with van der Waals surface area (Å²) in [6, 6.07) is 14.5. The van der Waals surface area contributed by atoms with Crippen LogP contribution in [-0.2, 0) is 6.54 Å². The van der Waals surface area contributed by atoms with Gasteiger partial charge in [0.15, 0.2) is 0 Å². The van der Waals surface area contributed by atoms with Crippen molar-refractivity contribution in [3.05, 3.63) is 76.0 Å². The normalized spacial score (nSPS) is 11.5. The number of carboxylic acids is 1. The van der Waals surface area contributed by atoms with E-state index in [4.69, 9.17) is 0 Å². The van der Waals surface area contributed by atoms with Gasteiger partial charge in [0.25, 0.3) is 0 Å². The van der Waals surface area contributed by atoms with Crippen LogP contribution in [0.5, 0.6) is 0 Å². The van der Waals surface area contributed by atoms with Crippen molar-refractivity contribution in [1.82, 2.24) is 14.8 Å². The molecule has 160 valence electrons. The van der Waals surface area contributed by atoms with Crippen molar-refractivity contribution in [2.24, 2.45) is 0 Å². The zero-order valence-corrected chi connectivity index (χ0v) is 17.9. The number of nitrogens with zero attached hydrogens (tertiary/aromatic N) is 2. The fraction of sp³-hybridized carbons (Fsp3) is 0.320. The Morgan fingerprint density at radius 3 is 2.58 bits per heavy atom. The van der Waals surface area contributed by atoms with Crippen LogP contribution in [0, 0.1) is 11.8 Å². The average Bonchev–Trinajstić information content (AvgIpc) is 3.14. The number of hydrogen-bond donors (Lipinski definition) is 2. The van der Waals surface area contributed by atoms with Crippen molar-refractivity contribution in [2.75, 3.05) is 0 Å². The summed E-state index contributed by atoms with van der Waals surface area (Å²) in [4.78, 5) is 23.9. The monoisotopic (exact) mass is 417 g/mol. The second kappa shape index (κ2) is 10.4. The molecule has 1 heterocycles. The van der Waals surface area contributed by atoms with E-state index in [0.29, 0.717) is 17.9 Å². The first kappa shape index (κ1) is 22.1. The molecule has 1 unspecified atom stereocenters. The van der Waals surface area contributed by atoms with Crippen LogP contribution in [0.4, 0.5) is 0 Å². The van der Waals surface area contributed by atoms with Gasteiger partial charge in [-0.15, -0.1) is 5.92 Å². The third-order valence-electron chi connectivity index (χ3n) is 5.16. The minimum Gasteiger partial charge on any atom is -0.478 e. The first-order valence-electron chi connectivity index (χ1n) is 10.6. The number of carboxylic acid groups (broad SMARTS) is 1. The van der Waals surface area contributed by atoms with Gasteiger partial charge in [-0.05, 0) is 29.2 Å². The molecule has 3 rings (SSSR count). The van der Waals surface area contributed by atoms with Crippen molar-refractivity contribution < 1.29 is 9.90 Å².